The molecule has 0 aromatic heterocycles. The van der Waals surface area contributed by atoms with Crippen LogP contribution in [0.5, 0.6) is 0 Å². The third-order valence-electron chi connectivity index (χ3n) is 5.85. The quantitative estimate of drug-likeness (QED) is 0.696. The van der Waals surface area contributed by atoms with E-state index in [2.05, 4.69) is 10.6 Å². The summed E-state index contributed by atoms with van der Waals surface area (Å²) in [4.78, 5) is 40.2. The van der Waals surface area contributed by atoms with Gasteiger partial charge in [0, 0.05) is 25.0 Å². The lowest BCUT2D eigenvalue weighted by atomic mass is 9.84. The van der Waals surface area contributed by atoms with Crippen LogP contribution in [0.1, 0.15) is 60.3 Å². The molecule has 2 atom stereocenters. The zero-order chi connectivity index (χ0) is 21.7. The highest BCUT2D eigenvalue weighted by Gasteiger charge is 2.47. The number of rotatable bonds is 4. The molecular weight excluding hydrogens is 370 g/mol. The number of nitrogens with one attached hydrogen (secondary N) is 2. The second-order valence-corrected chi connectivity index (χ2v) is 9.12. The second kappa shape index (κ2) is 9.85. The molecule has 2 N–H and O–H groups in total. The molecule has 2 bridgehead atoms. The van der Waals surface area contributed by atoms with E-state index < -0.39 is 17.2 Å². The van der Waals surface area contributed by atoms with Gasteiger partial charge < -0.3 is 15.0 Å². The molecule has 2 aliphatic rings. The number of amides is 1. The molecule has 164 valence electrons. The van der Waals surface area contributed by atoms with E-state index in [1.54, 1.807) is 4.90 Å². The van der Waals surface area contributed by atoms with Gasteiger partial charge in [-0.1, -0.05) is 26.0 Å². The van der Waals surface area contributed by atoms with Crippen molar-refractivity contribution in [2.24, 2.45) is 5.92 Å². The van der Waals surface area contributed by atoms with Crippen LogP contribution >= 0.6 is 0 Å². The number of allylic oxidation sites excluding steroid dienone is 1. The summed E-state index contributed by atoms with van der Waals surface area (Å²) < 4.78 is 5.33. The predicted octanol–water partition coefficient (Wildman–Crippen LogP) is 2.45. The first-order chi connectivity index (χ1) is 13.6. The molecule has 2 aliphatic heterocycles. The molecular formula is C22H37N3O4. The van der Waals surface area contributed by atoms with E-state index >= 15 is 0 Å². The van der Waals surface area contributed by atoms with Gasteiger partial charge in [-0.05, 0) is 46.5 Å². The van der Waals surface area contributed by atoms with Crippen LogP contribution in [0.4, 0.5) is 4.79 Å². The average molecular weight is 408 g/mol. The van der Waals surface area contributed by atoms with Gasteiger partial charge in [0.25, 0.3) is 0 Å². The van der Waals surface area contributed by atoms with E-state index in [0.29, 0.717) is 19.4 Å². The number of hydrogen-bond acceptors (Lipinski definition) is 6. The fourth-order valence-electron chi connectivity index (χ4n) is 4.29. The third-order valence-corrected chi connectivity index (χ3v) is 5.85. The van der Waals surface area contributed by atoms with Crippen molar-refractivity contribution in [3.05, 3.63) is 12.2 Å². The minimum absolute atomic E-state index is 0.0309. The van der Waals surface area contributed by atoms with Crippen molar-refractivity contribution in [3.63, 3.8) is 0 Å². The number of carbonyl (C=O) groups excluding carboxylic acids is 3. The monoisotopic (exact) mass is 407 g/mol. The van der Waals surface area contributed by atoms with E-state index in [-0.39, 0.29) is 43.2 Å². The van der Waals surface area contributed by atoms with Gasteiger partial charge in [0.15, 0.2) is 11.6 Å². The van der Waals surface area contributed by atoms with Crippen molar-refractivity contribution in [1.82, 2.24) is 15.5 Å². The molecule has 0 saturated carbocycles. The normalized spacial score (nSPS) is 29.7. The van der Waals surface area contributed by atoms with Gasteiger partial charge in [-0.3, -0.25) is 14.9 Å². The Morgan fingerprint density at radius 3 is 2.59 bits per heavy atom. The molecule has 7 heteroatoms. The number of ketones is 2. The first kappa shape index (κ1) is 23.5. The number of hydrogen-bond donors (Lipinski definition) is 2. The van der Waals surface area contributed by atoms with E-state index in [1.807, 2.05) is 46.8 Å². The van der Waals surface area contributed by atoms with E-state index in [9.17, 15) is 14.4 Å². The summed E-state index contributed by atoms with van der Waals surface area (Å²) in [5.74, 6) is -0.121. The van der Waals surface area contributed by atoms with Gasteiger partial charge in [0.1, 0.15) is 6.61 Å². The first-order valence-electron chi connectivity index (χ1n) is 10.8. The topological polar surface area (TPSA) is 87.7 Å². The van der Waals surface area contributed by atoms with E-state index in [0.717, 1.165) is 12.8 Å². The largest absolute Gasteiger partial charge is 0.445 e. The summed E-state index contributed by atoms with van der Waals surface area (Å²) in [6.07, 6.45) is 6.25. The van der Waals surface area contributed by atoms with Crippen LogP contribution in [0.2, 0.25) is 0 Å². The summed E-state index contributed by atoms with van der Waals surface area (Å²) in [6.45, 7) is 10.7. The van der Waals surface area contributed by atoms with Crippen molar-refractivity contribution < 1.29 is 19.1 Å². The van der Waals surface area contributed by atoms with Crippen LogP contribution in [0.3, 0.4) is 0 Å². The molecule has 0 radical (unpaired) electrons. The number of carbonyl (C=O) groups is 3. The Hall–Kier alpha value is -1.73. The Morgan fingerprint density at radius 2 is 1.93 bits per heavy atom. The Balaban J connectivity index is 2.29. The van der Waals surface area contributed by atoms with Crippen LogP contribution < -0.4 is 10.6 Å². The molecule has 1 saturated heterocycles. The molecule has 1 fully saturated rings. The SMILES string of the molecule is CC(C)N[C@]1(C)CCCC=CCOC(=O)N2CC[C@@](C(=O)C(C)C)(C2)NCC1=O. The Labute approximate surface area is 174 Å². The summed E-state index contributed by atoms with van der Waals surface area (Å²) in [5, 5.41) is 6.70. The minimum Gasteiger partial charge on any atom is -0.445 e. The summed E-state index contributed by atoms with van der Waals surface area (Å²) in [7, 11) is 0. The molecule has 29 heavy (non-hydrogen) atoms. The molecule has 0 aliphatic carbocycles. The van der Waals surface area contributed by atoms with Gasteiger partial charge in [0.05, 0.1) is 17.6 Å². The molecule has 2 rings (SSSR count). The summed E-state index contributed by atoms with van der Waals surface area (Å²) >= 11 is 0. The van der Waals surface area contributed by atoms with Crippen molar-refractivity contribution in [2.75, 3.05) is 26.2 Å². The van der Waals surface area contributed by atoms with Crippen molar-refractivity contribution >= 4 is 17.7 Å². The van der Waals surface area contributed by atoms with Crippen LogP contribution in [-0.2, 0) is 14.3 Å². The lowest BCUT2D eigenvalue weighted by molar-refractivity contribution is -0.129. The third kappa shape index (κ3) is 5.89. The molecule has 0 aromatic carbocycles. The Kier molecular flexibility index (Phi) is 8.00. The highest BCUT2D eigenvalue weighted by Crippen LogP contribution is 2.27. The molecule has 7 nitrogen and oxygen atoms in total. The Morgan fingerprint density at radius 1 is 1.21 bits per heavy atom. The number of cyclic esters (lactones) is 1. The van der Waals surface area contributed by atoms with Gasteiger partial charge in [-0.15, -0.1) is 0 Å². The first-order valence-corrected chi connectivity index (χ1v) is 10.8. The molecule has 0 spiro atoms. The standard InChI is InChI=1S/C22H37N3O4/c1-16(2)19(27)22-11-12-25(15-22)20(28)29-13-9-7-6-8-10-21(5,24-17(3)4)18(26)14-23-22/h7,9,16-17,23-24H,6,8,10-15H2,1-5H3/t21-,22+/m1/s1. The van der Waals surface area contributed by atoms with Crippen molar-refractivity contribution in [2.45, 2.75) is 77.4 Å². The predicted molar refractivity (Wildman–Crippen MR) is 113 cm³/mol. The molecule has 0 aromatic rings. The van der Waals surface area contributed by atoms with Crippen LogP contribution in [0.15, 0.2) is 12.2 Å². The molecule has 2 heterocycles. The van der Waals surface area contributed by atoms with Gasteiger partial charge in [0.2, 0.25) is 0 Å². The number of ether oxygens (including phenoxy) is 1. The van der Waals surface area contributed by atoms with Gasteiger partial charge in [-0.25, -0.2) is 4.79 Å². The van der Waals surface area contributed by atoms with Crippen LogP contribution in [0, 0.1) is 5.92 Å². The second-order valence-electron chi connectivity index (χ2n) is 9.12. The summed E-state index contributed by atoms with van der Waals surface area (Å²) in [5.41, 5.74) is -1.57. The lowest BCUT2D eigenvalue weighted by Gasteiger charge is -2.35. The molecule has 0 unspecified atom stereocenters. The number of Topliss-reactive ketones (excluding diaryl/α,β-unsaturated/α-hetero) is 2. The van der Waals surface area contributed by atoms with E-state index in [1.165, 1.54) is 0 Å². The van der Waals surface area contributed by atoms with Gasteiger partial charge in [-0.2, -0.15) is 0 Å². The zero-order valence-electron chi connectivity index (χ0n) is 18.5. The minimum atomic E-state index is -0.905. The number of fused-ring (bicyclic) bond motifs is 2. The van der Waals surface area contributed by atoms with Gasteiger partial charge >= 0.3 is 6.09 Å². The van der Waals surface area contributed by atoms with Crippen LogP contribution in [0.25, 0.3) is 0 Å². The fourth-order valence-corrected chi connectivity index (χ4v) is 4.29. The highest BCUT2D eigenvalue weighted by atomic mass is 16.6. The zero-order valence-corrected chi connectivity index (χ0v) is 18.5. The maximum absolute atomic E-state index is 13.2. The maximum Gasteiger partial charge on any atom is 0.410 e. The van der Waals surface area contributed by atoms with Crippen molar-refractivity contribution in [1.29, 1.82) is 0 Å². The number of nitrogens with zero attached hydrogens (tertiary/aromatic N) is 1. The summed E-state index contributed by atoms with van der Waals surface area (Å²) in [6, 6.07) is 0.167. The Bertz CT molecular complexity index is 646. The highest BCUT2D eigenvalue weighted by molar-refractivity contribution is 5.94. The smallest absolute Gasteiger partial charge is 0.410 e. The van der Waals surface area contributed by atoms with E-state index in [4.69, 9.17) is 4.74 Å². The fraction of sp³-hybridized carbons (Fsp3) is 0.773. The maximum atomic E-state index is 13.2. The lowest BCUT2D eigenvalue weighted by Crippen LogP contribution is -2.61. The van der Waals surface area contributed by atoms with Crippen molar-refractivity contribution in [3.8, 4) is 0 Å². The molecule has 1 amide bonds. The average Bonchev–Trinajstić information content (AvgIpc) is 3.08. The van der Waals surface area contributed by atoms with Crippen LogP contribution in [-0.4, -0.2) is 65.9 Å².